The van der Waals surface area contributed by atoms with Crippen LogP contribution in [0.3, 0.4) is 0 Å². The summed E-state index contributed by atoms with van der Waals surface area (Å²) in [6, 6.07) is 16.8. The van der Waals surface area contributed by atoms with Gasteiger partial charge in [0.2, 0.25) is 6.79 Å². The van der Waals surface area contributed by atoms with Crippen molar-refractivity contribution >= 4 is 17.3 Å². The minimum atomic E-state index is -0.985. The van der Waals surface area contributed by atoms with Crippen molar-refractivity contribution in [1.82, 2.24) is 0 Å². The van der Waals surface area contributed by atoms with Crippen LogP contribution in [0.1, 0.15) is 21.5 Å². The number of carboxylic acid groups (broad SMARTS) is 1. The molecule has 3 aromatic carbocycles. The maximum atomic E-state index is 11.7. The first-order valence-corrected chi connectivity index (χ1v) is 10.1. The summed E-state index contributed by atoms with van der Waals surface area (Å²) in [7, 11) is 0. The zero-order valence-electron chi connectivity index (χ0n) is 16.7. The number of hydrogen-bond acceptors (Lipinski definition) is 6. The van der Waals surface area contributed by atoms with Gasteiger partial charge in [0.15, 0.2) is 23.0 Å². The molecule has 0 aromatic heterocycles. The Morgan fingerprint density at radius 1 is 0.774 bits per heavy atom. The van der Waals surface area contributed by atoms with Crippen molar-refractivity contribution in [3.63, 3.8) is 0 Å². The number of ether oxygens (including phenoxy) is 4. The van der Waals surface area contributed by atoms with Crippen molar-refractivity contribution in [2.75, 3.05) is 25.3 Å². The van der Waals surface area contributed by atoms with Crippen LogP contribution in [0, 0.1) is 0 Å². The third kappa shape index (κ3) is 4.07. The average molecular weight is 419 g/mol. The van der Waals surface area contributed by atoms with Crippen molar-refractivity contribution in [1.29, 1.82) is 0 Å². The molecule has 7 heteroatoms. The Hall–Kier alpha value is -3.87. The first-order valence-electron chi connectivity index (χ1n) is 10.1. The number of carboxylic acids is 1. The molecule has 0 fully saturated rings. The average Bonchev–Trinajstić information content (AvgIpc) is 3.25. The van der Waals surface area contributed by atoms with Crippen LogP contribution in [0.15, 0.2) is 54.6 Å². The first kappa shape index (κ1) is 19.1. The lowest BCUT2D eigenvalue weighted by atomic mass is 10.0. The molecule has 0 radical (unpaired) electrons. The Morgan fingerprint density at radius 2 is 1.42 bits per heavy atom. The molecule has 2 aliphatic rings. The maximum absolute atomic E-state index is 11.7. The fraction of sp³-hybridized carbons (Fsp3) is 0.208. The Morgan fingerprint density at radius 3 is 2.26 bits per heavy atom. The minimum Gasteiger partial charge on any atom is -0.486 e. The summed E-state index contributed by atoms with van der Waals surface area (Å²) in [6.07, 6.45) is 1.56. The second-order valence-electron chi connectivity index (χ2n) is 7.36. The number of carbonyl (C=O) groups is 1. The molecule has 2 aliphatic heterocycles. The summed E-state index contributed by atoms with van der Waals surface area (Å²) in [6.45, 7) is 1.32. The SMILES string of the molecule is O=C(O)c1ccc(CCc2ccc3c(c2)OCCO3)cc1Nc1ccc2c(c1)OCO2. The number of hydrogen-bond donors (Lipinski definition) is 2. The van der Waals surface area contributed by atoms with Crippen molar-refractivity contribution in [2.45, 2.75) is 12.8 Å². The van der Waals surface area contributed by atoms with Gasteiger partial charge in [-0.05, 0) is 60.4 Å². The summed E-state index contributed by atoms with van der Waals surface area (Å²) in [5.41, 5.74) is 3.64. The van der Waals surface area contributed by atoms with Crippen LogP contribution in [-0.2, 0) is 12.8 Å². The quantitative estimate of drug-likeness (QED) is 0.612. The fourth-order valence-corrected chi connectivity index (χ4v) is 3.70. The van der Waals surface area contributed by atoms with E-state index >= 15 is 0 Å². The van der Waals surface area contributed by atoms with E-state index in [1.165, 1.54) is 0 Å². The molecule has 2 heterocycles. The van der Waals surface area contributed by atoms with E-state index in [-0.39, 0.29) is 12.4 Å². The molecule has 0 atom stereocenters. The van der Waals surface area contributed by atoms with Crippen molar-refractivity contribution < 1.29 is 28.8 Å². The molecule has 0 spiro atoms. The van der Waals surface area contributed by atoms with Gasteiger partial charge in [-0.15, -0.1) is 0 Å². The summed E-state index contributed by atoms with van der Waals surface area (Å²) in [5, 5.41) is 12.8. The Kier molecular flexibility index (Phi) is 5.00. The molecule has 0 amide bonds. The van der Waals surface area contributed by atoms with E-state index in [4.69, 9.17) is 18.9 Å². The maximum Gasteiger partial charge on any atom is 0.337 e. The summed E-state index contributed by atoms with van der Waals surface area (Å²) in [4.78, 5) is 11.7. The van der Waals surface area contributed by atoms with Crippen LogP contribution in [0.25, 0.3) is 0 Å². The van der Waals surface area contributed by atoms with E-state index in [0.717, 1.165) is 41.2 Å². The fourth-order valence-electron chi connectivity index (χ4n) is 3.70. The Labute approximate surface area is 179 Å². The zero-order chi connectivity index (χ0) is 21.2. The summed E-state index contributed by atoms with van der Waals surface area (Å²) < 4.78 is 22.0. The van der Waals surface area contributed by atoms with Gasteiger partial charge >= 0.3 is 5.97 Å². The highest BCUT2D eigenvalue weighted by atomic mass is 16.7. The van der Waals surface area contributed by atoms with Gasteiger partial charge in [-0.2, -0.15) is 0 Å². The molecule has 7 nitrogen and oxygen atoms in total. The van der Waals surface area contributed by atoms with E-state index in [2.05, 4.69) is 5.32 Å². The van der Waals surface area contributed by atoms with Gasteiger partial charge in [-0.3, -0.25) is 0 Å². The highest BCUT2D eigenvalue weighted by Gasteiger charge is 2.16. The Bertz CT molecular complexity index is 1140. The van der Waals surface area contributed by atoms with Gasteiger partial charge in [0.25, 0.3) is 0 Å². The second-order valence-corrected chi connectivity index (χ2v) is 7.36. The first-order chi connectivity index (χ1) is 15.2. The number of anilines is 2. The van der Waals surface area contributed by atoms with Crippen LogP contribution in [-0.4, -0.2) is 31.1 Å². The van der Waals surface area contributed by atoms with Crippen molar-refractivity contribution in [3.05, 3.63) is 71.3 Å². The standard InChI is InChI=1S/C24H21NO6/c26-24(27)18-6-3-15(1-2-16-4-7-20-22(12-16)29-10-9-28-20)11-19(18)25-17-5-8-21-23(13-17)31-14-30-21/h3-8,11-13,25H,1-2,9-10,14H2,(H,26,27). The normalized spacial score (nSPS) is 13.7. The molecule has 158 valence electrons. The van der Waals surface area contributed by atoms with Gasteiger partial charge in [-0.25, -0.2) is 4.79 Å². The molecule has 0 aliphatic carbocycles. The molecular weight excluding hydrogens is 398 g/mol. The predicted octanol–water partition coefficient (Wildman–Crippen LogP) is 4.41. The molecule has 5 rings (SSSR count). The minimum absolute atomic E-state index is 0.189. The molecule has 0 saturated carbocycles. The topological polar surface area (TPSA) is 86.3 Å². The molecule has 0 unspecified atom stereocenters. The van der Waals surface area contributed by atoms with Gasteiger partial charge in [0.05, 0.1) is 11.3 Å². The van der Waals surface area contributed by atoms with Crippen molar-refractivity contribution in [3.8, 4) is 23.0 Å². The molecule has 0 bridgehead atoms. The van der Waals surface area contributed by atoms with Crippen LogP contribution in [0.5, 0.6) is 23.0 Å². The Balaban J connectivity index is 1.34. The van der Waals surface area contributed by atoms with Gasteiger partial charge in [0.1, 0.15) is 13.2 Å². The lowest BCUT2D eigenvalue weighted by Crippen LogP contribution is -2.15. The van der Waals surface area contributed by atoms with Crippen LogP contribution >= 0.6 is 0 Å². The van der Waals surface area contributed by atoms with Crippen molar-refractivity contribution in [2.24, 2.45) is 0 Å². The summed E-state index contributed by atoms with van der Waals surface area (Å²) >= 11 is 0. The van der Waals surface area contributed by atoms with E-state index in [1.54, 1.807) is 18.2 Å². The summed E-state index contributed by atoms with van der Waals surface area (Å²) in [5.74, 6) is 1.88. The van der Waals surface area contributed by atoms with Crippen LogP contribution in [0.4, 0.5) is 11.4 Å². The lowest BCUT2D eigenvalue weighted by Gasteiger charge is -2.19. The van der Waals surface area contributed by atoms with E-state index < -0.39 is 5.97 Å². The van der Waals surface area contributed by atoms with E-state index in [9.17, 15) is 9.90 Å². The number of aryl methyl sites for hydroxylation is 2. The van der Waals surface area contributed by atoms with E-state index in [1.807, 2.05) is 36.4 Å². The monoisotopic (exact) mass is 419 g/mol. The molecule has 3 aromatic rings. The van der Waals surface area contributed by atoms with Gasteiger partial charge in [0, 0.05) is 11.8 Å². The molecule has 31 heavy (non-hydrogen) atoms. The van der Waals surface area contributed by atoms with Crippen LogP contribution < -0.4 is 24.3 Å². The molecule has 2 N–H and O–H groups in total. The predicted molar refractivity (Wildman–Crippen MR) is 114 cm³/mol. The third-order valence-electron chi connectivity index (χ3n) is 5.27. The van der Waals surface area contributed by atoms with E-state index in [0.29, 0.717) is 30.4 Å². The smallest absolute Gasteiger partial charge is 0.337 e. The number of aromatic carboxylic acids is 1. The van der Waals surface area contributed by atoms with Crippen LogP contribution in [0.2, 0.25) is 0 Å². The van der Waals surface area contributed by atoms with Gasteiger partial charge < -0.3 is 29.4 Å². The molecular formula is C24H21NO6. The number of rotatable bonds is 6. The van der Waals surface area contributed by atoms with Gasteiger partial charge in [-0.1, -0.05) is 12.1 Å². The highest BCUT2D eigenvalue weighted by Crippen LogP contribution is 2.36. The molecule has 0 saturated heterocycles. The zero-order valence-corrected chi connectivity index (χ0v) is 16.7. The number of nitrogens with one attached hydrogen (secondary N) is 1. The second kappa shape index (κ2) is 8.10. The number of fused-ring (bicyclic) bond motifs is 2. The largest absolute Gasteiger partial charge is 0.486 e. The third-order valence-corrected chi connectivity index (χ3v) is 5.27. The highest BCUT2D eigenvalue weighted by molar-refractivity contribution is 5.95. The number of benzene rings is 3. The lowest BCUT2D eigenvalue weighted by molar-refractivity contribution is 0.0698.